The highest BCUT2D eigenvalue weighted by molar-refractivity contribution is 9.10. The molecule has 0 heterocycles. The van der Waals surface area contributed by atoms with Crippen LogP contribution in [0.4, 0.5) is 0 Å². The zero-order valence-electron chi connectivity index (χ0n) is 15.6. The summed E-state index contributed by atoms with van der Waals surface area (Å²) in [5, 5.41) is 4.34. The van der Waals surface area contributed by atoms with Gasteiger partial charge in [0, 0.05) is 9.89 Å². The first-order chi connectivity index (χ1) is 13.6. The molecular formula is C24H21BrN2O. The molecule has 1 N–H and O–H groups in total. The Bertz CT molecular complexity index is 958. The van der Waals surface area contributed by atoms with Crippen LogP contribution < -0.4 is 5.43 Å². The Balaban J connectivity index is 1.56. The van der Waals surface area contributed by atoms with E-state index in [1.807, 2.05) is 67.6 Å². The van der Waals surface area contributed by atoms with Gasteiger partial charge in [-0.15, -0.1) is 0 Å². The molecule has 0 saturated heterocycles. The van der Waals surface area contributed by atoms with E-state index in [4.69, 9.17) is 0 Å². The molecule has 0 bridgehead atoms. The maximum Gasteiger partial charge on any atom is 0.244 e. The number of nitrogens with one attached hydrogen (secondary N) is 1. The molecule has 1 atom stereocenters. The summed E-state index contributed by atoms with van der Waals surface area (Å²) in [6.45, 7) is 1.90. The molecule has 3 nitrogen and oxygen atoms in total. The normalized spacial score (nSPS) is 17.8. The van der Waals surface area contributed by atoms with Crippen LogP contribution in [-0.2, 0) is 10.2 Å². The Hall–Kier alpha value is -2.72. The van der Waals surface area contributed by atoms with Gasteiger partial charge in [0.25, 0.3) is 0 Å². The first-order valence-corrected chi connectivity index (χ1v) is 10.1. The van der Waals surface area contributed by atoms with Gasteiger partial charge >= 0.3 is 0 Å². The van der Waals surface area contributed by atoms with Crippen LogP contribution in [0.15, 0.2) is 94.5 Å². The van der Waals surface area contributed by atoms with Crippen LogP contribution in [0.1, 0.15) is 30.0 Å². The van der Waals surface area contributed by atoms with E-state index in [1.165, 1.54) is 11.1 Å². The molecule has 0 spiro atoms. The number of benzene rings is 3. The van der Waals surface area contributed by atoms with Gasteiger partial charge in [-0.25, -0.2) is 5.43 Å². The minimum atomic E-state index is -0.270. The van der Waals surface area contributed by atoms with Gasteiger partial charge in [-0.1, -0.05) is 88.7 Å². The van der Waals surface area contributed by atoms with Gasteiger partial charge in [-0.05, 0) is 42.2 Å². The quantitative estimate of drug-likeness (QED) is 0.431. The van der Waals surface area contributed by atoms with Crippen molar-refractivity contribution in [2.24, 2.45) is 11.0 Å². The number of hydrazone groups is 1. The molecule has 3 aromatic rings. The Kier molecular flexibility index (Phi) is 5.14. The van der Waals surface area contributed by atoms with Crippen molar-refractivity contribution >= 4 is 27.5 Å². The average Bonchev–Trinajstić information content (AvgIpc) is 3.51. The van der Waals surface area contributed by atoms with Crippen molar-refractivity contribution in [2.45, 2.75) is 18.8 Å². The van der Waals surface area contributed by atoms with Crippen LogP contribution in [0, 0.1) is 5.92 Å². The molecule has 140 valence electrons. The Morgan fingerprint density at radius 2 is 1.46 bits per heavy atom. The summed E-state index contributed by atoms with van der Waals surface area (Å²) in [7, 11) is 0. The third kappa shape index (κ3) is 3.52. The van der Waals surface area contributed by atoms with Crippen LogP contribution in [0.25, 0.3) is 0 Å². The lowest BCUT2D eigenvalue weighted by Gasteiger charge is -2.18. The monoisotopic (exact) mass is 432 g/mol. The summed E-state index contributed by atoms with van der Waals surface area (Å²) < 4.78 is 1.02. The van der Waals surface area contributed by atoms with Crippen LogP contribution in [0.2, 0.25) is 0 Å². The molecule has 1 amide bonds. The van der Waals surface area contributed by atoms with Crippen LogP contribution in [-0.4, -0.2) is 11.6 Å². The Labute approximate surface area is 173 Å². The second-order valence-electron chi connectivity index (χ2n) is 7.14. The molecule has 4 rings (SSSR count). The van der Waals surface area contributed by atoms with Crippen molar-refractivity contribution < 1.29 is 4.79 Å². The van der Waals surface area contributed by atoms with Gasteiger partial charge < -0.3 is 0 Å². The van der Waals surface area contributed by atoms with Crippen molar-refractivity contribution in [2.75, 3.05) is 0 Å². The van der Waals surface area contributed by atoms with E-state index < -0.39 is 0 Å². The van der Waals surface area contributed by atoms with E-state index in [-0.39, 0.29) is 17.2 Å². The molecule has 0 unspecified atom stereocenters. The predicted molar refractivity (Wildman–Crippen MR) is 116 cm³/mol. The van der Waals surface area contributed by atoms with Crippen LogP contribution in [0.5, 0.6) is 0 Å². The molecule has 0 aromatic heterocycles. The largest absolute Gasteiger partial charge is 0.273 e. The number of carbonyl (C=O) groups is 1. The molecule has 1 aliphatic rings. The highest BCUT2D eigenvalue weighted by Gasteiger charge is 2.60. The SMILES string of the molecule is C/C(=N/NC(=O)[C@@H]1CC1(c1ccccc1)c1ccccc1)c1ccc(Br)cc1. The molecule has 3 aromatic carbocycles. The second-order valence-corrected chi connectivity index (χ2v) is 8.06. The van der Waals surface area contributed by atoms with E-state index in [2.05, 4.69) is 50.7 Å². The van der Waals surface area contributed by atoms with E-state index in [1.54, 1.807) is 0 Å². The summed E-state index contributed by atoms with van der Waals surface area (Å²) in [5.41, 5.74) is 6.64. The van der Waals surface area contributed by atoms with Gasteiger partial charge in [-0.3, -0.25) is 4.79 Å². The van der Waals surface area contributed by atoms with Gasteiger partial charge in [0.15, 0.2) is 0 Å². The van der Waals surface area contributed by atoms with Crippen LogP contribution >= 0.6 is 15.9 Å². The molecule has 1 fully saturated rings. The second kappa shape index (κ2) is 7.72. The van der Waals surface area contributed by atoms with Crippen molar-refractivity contribution in [3.05, 3.63) is 106 Å². The molecule has 0 aliphatic heterocycles. The lowest BCUT2D eigenvalue weighted by atomic mass is 9.85. The smallest absolute Gasteiger partial charge is 0.244 e. The van der Waals surface area contributed by atoms with Crippen LogP contribution in [0.3, 0.4) is 0 Å². The van der Waals surface area contributed by atoms with E-state index in [9.17, 15) is 4.79 Å². The highest BCUT2D eigenvalue weighted by atomic mass is 79.9. The first-order valence-electron chi connectivity index (χ1n) is 9.32. The maximum atomic E-state index is 12.9. The number of hydrogen-bond donors (Lipinski definition) is 1. The van der Waals surface area contributed by atoms with Gasteiger partial charge in [0.2, 0.25) is 5.91 Å². The van der Waals surface area contributed by atoms with E-state index in [0.717, 1.165) is 22.2 Å². The lowest BCUT2D eigenvalue weighted by molar-refractivity contribution is -0.122. The highest BCUT2D eigenvalue weighted by Crippen LogP contribution is 2.58. The third-order valence-corrected chi connectivity index (χ3v) is 5.98. The predicted octanol–water partition coefficient (Wildman–Crippen LogP) is 5.30. The standard InChI is InChI=1S/C24H21BrN2O/c1-17(18-12-14-21(25)15-13-18)26-27-23(28)22-16-24(22,19-8-4-2-5-9-19)20-10-6-3-7-11-20/h2-15,22H,16H2,1H3,(H,27,28)/b26-17-/t22-/m0/s1. The number of halogens is 1. The van der Waals surface area contributed by atoms with Gasteiger partial charge in [-0.2, -0.15) is 5.10 Å². The summed E-state index contributed by atoms with van der Waals surface area (Å²) in [4.78, 5) is 12.9. The number of rotatable bonds is 5. The van der Waals surface area contributed by atoms with Crippen molar-refractivity contribution in [3.8, 4) is 0 Å². The average molecular weight is 433 g/mol. The fourth-order valence-corrected chi connectivity index (χ4v) is 4.09. The molecule has 0 radical (unpaired) electrons. The molecule has 1 saturated carbocycles. The Morgan fingerprint density at radius 3 is 2.00 bits per heavy atom. The van der Waals surface area contributed by atoms with E-state index >= 15 is 0 Å². The van der Waals surface area contributed by atoms with Gasteiger partial charge in [0.05, 0.1) is 11.6 Å². The minimum Gasteiger partial charge on any atom is -0.273 e. The zero-order chi connectivity index (χ0) is 19.6. The van der Waals surface area contributed by atoms with Crippen molar-refractivity contribution in [3.63, 3.8) is 0 Å². The van der Waals surface area contributed by atoms with Crippen molar-refractivity contribution in [1.29, 1.82) is 0 Å². The summed E-state index contributed by atoms with van der Waals surface area (Å²) in [5.74, 6) is -0.164. The number of carbonyl (C=O) groups excluding carboxylic acids is 1. The third-order valence-electron chi connectivity index (χ3n) is 5.45. The summed E-state index contributed by atoms with van der Waals surface area (Å²) in [6.07, 6.45) is 0.791. The van der Waals surface area contributed by atoms with E-state index in [0.29, 0.717) is 0 Å². The fourth-order valence-electron chi connectivity index (χ4n) is 3.83. The number of nitrogens with zero attached hydrogens (tertiary/aromatic N) is 1. The fraction of sp³-hybridized carbons (Fsp3) is 0.167. The first kappa shape index (κ1) is 18.6. The number of hydrogen-bond acceptors (Lipinski definition) is 2. The molecule has 28 heavy (non-hydrogen) atoms. The zero-order valence-corrected chi connectivity index (χ0v) is 17.2. The van der Waals surface area contributed by atoms with Gasteiger partial charge in [0.1, 0.15) is 0 Å². The number of amides is 1. The summed E-state index contributed by atoms with van der Waals surface area (Å²) >= 11 is 3.43. The molecule has 1 aliphatic carbocycles. The Morgan fingerprint density at radius 1 is 0.929 bits per heavy atom. The maximum absolute atomic E-state index is 12.9. The summed E-state index contributed by atoms with van der Waals surface area (Å²) in [6, 6.07) is 28.4. The lowest BCUT2D eigenvalue weighted by Crippen LogP contribution is -2.26. The minimum absolute atomic E-state index is 0.0378. The molecular weight excluding hydrogens is 412 g/mol. The molecule has 4 heteroatoms. The van der Waals surface area contributed by atoms with Crippen molar-refractivity contribution in [1.82, 2.24) is 5.43 Å². The topological polar surface area (TPSA) is 41.5 Å².